The van der Waals surface area contributed by atoms with Gasteiger partial charge in [0.25, 0.3) is 5.91 Å². The van der Waals surface area contributed by atoms with E-state index in [4.69, 9.17) is 23.2 Å². The molecule has 0 aliphatic carbocycles. The third kappa shape index (κ3) is 3.16. The molecule has 0 spiro atoms. The van der Waals surface area contributed by atoms with E-state index in [0.717, 1.165) is 4.90 Å². The maximum absolute atomic E-state index is 13.0. The molecule has 4 nitrogen and oxygen atoms in total. The van der Waals surface area contributed by atoms with Crippen LogP contribution < -0.4 is 10.2 Å². The molecular weight excluding hydrogens is 342 g/mol. The average Bonchev–Trinajstić information content (AvgIpc) is 2.78. The summed E-state index contributed by atoms with van der Waals surface area (Å²) in [5.41, 5.74) is 0.857. The number of halogens is 3. The zero-order valence-electron chi connectivity index (χ0n) is 11.7. The molecule has 2 amide bonds. The van der Waals surface area contributed by atoms with Crippen LogP contribution in [0.3, 0.4) is 0 Å². The number of anilines is 2. The first kappa shape index (κ1) is 15.8. The van der Waals surface area contributed by atoms with Crippen molar-refractivity contribution in [3.8, 4) is 0 Å². The van der Waals surface area contributed by atoms with Gasteiger partial charge in [-0.2, -0.15) is 0 Å². The first-order chi connectivity index (χ1) is 11.0. The monoisotopic (exact) mass is 352 g/mol. The zero-order valence-corrected chi connectivity index (χ0v) is 13.2. The van der Waals surface area contributed by atoms with Crippen molar-refractivity contribution in [1.29, 1.82) is 0 Å². The summed E-state index contributed by atoms with van der Waals surface area (Å²) in [5.74, 6) is -1.20. The number of hydrogen-bond donors (Lipinski definition) is 1. The van der Waals surface area contributed by atoms with Crippen molar-refractivity contribution in [3.63, 3.8) is 0 Å². The molecule has 7 heteroatoms. The largest absolute Gasteiger partial charge is 0.372 e. The third-order valence-corrected chi connectivity index (χ3v) is 4.04. The molecule has 1 aliphatic heterocycles. The Morgan fingerprint density at radius 3 is 2.43 bits per heavy atom. The standard InChI is InChI=1S/C16H11Cl2FN2O2/c17-9-1-6-13(12(18)7-9)20-14-8-15(22)21(16(14)23)11-4-2-10(19)3-5-11/h1-7,14,20H,8H2/t14-/m1/s1. The number of carbonyl (C=O) groups excluding carboxylic acids is 2. The lowest BCUT2D eigenvalue weighted by molar-refractivity contribution is -0.121. The molecule has 118 valence electrons. The fraction of sp³-hybridized carbons (Fsp3) is 0.125. The second-order valence-electron chi connectivity index (χ2n) is 5.07. The lowest BCUT2D eigenvalue weighted by atomic mass is 10.2. The van der Waals surface area contributed by atoms with Crippen LogP contribution in [0.5, 0.6) is 0 Å². The van der Waals surface area contributed by atoms with Gasteiger partial charge in [-0.1, -0.05) is 23.2 Å². The van der Waals surface area contributed by atoms with Crippen molar-refractivity contribution < 1.29 is 14.0 Å². The number of benzene rings is 2. The number of amides is 2. The first-order valence-corrected chi connectivity index (χ1v) is 7.55. The number of imide groups is 1. The minimum absolute atomic E-state index is 0.00480. The Bertz CT molecular complexity index is 780. The van der Waals surface area contributed by atoms with Gasteiger partial charge in [-0.25, -0.2) is 9.29 Å². The molecule has 1 heterocycles. The van der Waals surface area contributed by atoms with Gasteiger partial charge in [0, 0.05) is 5.02 Å². The predicted molar refractivity (Wildman–Crippen MR) is 87.4 cm³/mol. The van der Waals surface area contributed by atoms with Crippen LogP contribution in [0.25, 0.3) is 0 Å². The molecular formula is C16H11Cl2FN2O2. The van der Waals surface area contributed by atoms with Crippen molar-refractivity contribution in [3.05, 3.63) is 58.3 Å². The second kappa shape index (κ2) is 6.18. The fourth-order valence-corrected chi connectivity index (χ4v) is 2.86. The SMILES string of the molecule is O=C1C[C@@H](Nc2ccc(Cl)cc2Cl)C(=O)N1c1ccc(F)cc1. The Labute approximate surface area is 141 Å². The van der Waals surface area contributed by atoms with Gasteiger partial charge in [0.15, 0.2) is 0 Å². The molecule has 2 aromatic rings. The second-order valence-corrected chi connectivity index (χ2v) is 5.91. The number of carbonyl (C=O) groups is 2. The first-order valence-electron chi connectivity index (χ1n) is 6.79. The number of nitrogens with zero attached hydrogens (tertiary/aromatic N) is 1. The molecule has 1 N–H and O–H groups in total. The number of rotatable bonds is 3. The highest BCUT2D eigenvalue weighted by atomic mass is 35.5. The van der Waals surface area contributed by atoms with Gasteiger partial charge in [0.2, 0.25) is 5.91 Å². The molecule has 0 aromatic heterocycles. The molecule has 3 rings (SSSR count). The van der Waals surface area contributed by atoms with Gasteiger partial charge in [-0.3, -0.25) is 9.59 Å². The van der Waals surface area contributed by atoms with Crippen molar-refractivity contribution in [2.45, 2.75) is 12.5 Å². The van der Waals surface area contributed by atoms with Gasteiger partial charge < -0.3 is 5.32 Å². The Balaban J connectivity index is 1.82. The number of hydrogen-bond acceptors (Lipinski definition) is 3. The molecule has 0 radical (unpaired) electrons. The van der Waals surface area contributed by atoms with Crippen molar-refractivity contribution in [2.75, 3.05) is 10.2 Å². The van der Waals surface area contributed by atoms with Crippen LogP contribution in [0.4, 0.5) is 15.8 Å². The highest BCUT2D eigenvalue weighted by Crippen LogP contribution is 2.29. The smallest absolute Gasteiger partial charge is 0.256 e. The van der Waals surface area contributed by atoms with Crippen LogP contribution in [-0.2, 0) is 9.59 Å². The summed E-state index contributed by atoms with van der Waals surface area (Å²) in [6.07, 6.45) is -0.00480. The lowest BCUT2D eigenvalue weighted by Gasteiger charge is -2.16. The quantitative estimate of drug-likeness (QED) is 0.852. The maximum Gasteiger partial charge on any atom is 0.256 e. The topological polar surface area (TPSA) is 49.4 Å². The molecule has 2 aromatic carbocycles. The van der Waals surface area contributed by atoms with E-state index >= 15 is 0 Å². The van der Waals surface area contributed by atoms with E-state index in [-0.39, 0.29) is 12.3 Å². The van der Waals surface area contributed by atoms with Crippen molar-refractivity contribution in [2.24, 2.45) is 0 Å². The van der Waals surface area contributed by atoms with Crippen LogP contribution in [0.15, 0.2) is 42.5 Å². The van der Waals surface area contributed by atoms with Crippen LogP contribution in [0.2, 0.25) is 10.0 Å². The van der Waals surface area contributed by atoms with E-state index < -0.39 is 17.8 Å². The Morgan fingerprint density at radius 2 is 1.78 bits per heavy atom. The highest BCUT2D eigenvalue weighted by Gasteiger charge is 2.39. The van der Waals surface area contributed by atoms with E-state index in [0.29, 0.717) is 21.4 Å². The van der Waals surface area contributed by atoms with Gasteiger partial charge in [-0.05, 0) is 42.5 Å². The van der Waals surface area contributed by atoms with Crippen LogP contribution in [-0.4, -0.2) is 17.9 Å². The van der Waals surface area contributed by atoms with Crippen LogP contribution >= 0.6 is 23.2 Å². The molecule has 23 heavy (non-hydrogen) atoms. The van der Waals surface area contributed by atoms with E-state index in [1.165, 1.54) is 24.3 Å². The van der Waals surface area contributed by atoms with Gasteiger partial charge in [-0.15, -0.1) is 0 Å². The molecule has 1 aliphatic rings. The number of nitrogens with one attached hydrogen (secondary N) is 1. The Hall–Kier alpha value is -2.11. The van der Waals surface area contributed by atoms with Crippen molar-refractivity contribution >= 4 is 46.4 Å². The van der Waals surface area contributed by atoms with Crippen molar-refractivity contribution in [1.82, 2.24) is 0 Å². The summed E-state index contributed by atoms with van der Waals surface area (Å²) in [7, 11) is 0. The summed E-state index contributed by atoms with van der Waals surface area (Å²) < 4.78 is 13.0. The summed E-state index contributed by atoms with van der Waals surface area (Å²) in [6.45, 7) is 0. The predicted octanol–water partition coefficient (Wildman–Crippen LogP) is 3.88. The molecule has 0 bridgehead atoms. The maximum atomic E-state index is 13.0. The minimum Gasteiger partial charge on any atom is -0.372 e. The summed E-state index contributed by atoms with van der Waals surface area (Å²) >= 11 is 11.9. The van der Waals surface area contributed by atoms with Crippen LogP contribution in [0, 0.1) is 5.82 Å². The summed E-state index contributed by atoms with van der Waals surface area (Å²) in [6, 6.07) is 9.28. The lowest BCUT2D eigenvalue weighted by Crippen LogP contribution is -2.34. The third-order valence-electron chi connectivity index (χ3n) is 3.49. The normalized spacial score (nSPS) is 17.7. The molecule has 0 saturated carbocycles. The van der Waals surface area contributed by atoms with E-state index in [9.17, 15) is 14.0 Å². The Morgan fingerprint density at radius 1 is 1.09 bits per heavy atom. The molecule has 0 unspecified atom stereocenters. The van der Waals surface area contributed by atoms with E-state index in [1.807, 2.05) is 0 Å². The summed E-state index contributed by atoms with van der Waals surface area (Å²) in [5, 5.41) is 3.78. The van der Waals surface area contributed by atoms with Gasteiger partial charge >= 0.3 is 0 Å². The fourth-order valence-electron chi connectivity index (χ4n) is 2.40. The minimum atomic E-state index is -0.730. The Kier molecular flexibility index (Phi) is 4.24. The van der Waals surface area contributed by atoms with Gasteiger partial charge in [0.05, 0.1) is 22.8 Å². The molecule has 1 fully saturated rings. The summed E-state index contributed by atoms with van der Waals surface area (Å²) in [4.78, 5) is 25.6. The molecule has 1 atom stereocenters. The van der Waals surface area contributed by atoms with E-state index in [1.54, 1.807) is 18.2 Å². The van der Waals surface area contributed by atoms with E-state index in [2.05, 4.69) is 5.32 Å². The zero-order chi connectivity index (χ0) is 16.6. The molecule has 1 saturated heterocycles. The highest BCUT2D eigenvalue weighted by molar-refractivity contribution is 6.36. The average molecular weight is 353 g/mol. The van der Waals surface area contributed by atoms with Crippen LogP contribution in [0.1, 0.15) is 6.42 Å². The van der Waals surface area contributed by atoms with Gasteiger partial charge in [0.1, 0.15) is 11.9 Å².